The molecule has 3 rings (SSSR count). The van der Waals surface area contributed by atoms with E-state index in [-0.39, 0.29) is 50.6 Å². The molecule has 6 N–H and O–H groups in total. The summed E-state index contributed by atoms with van der Waals surface area (Å²) in [7, 11) is 0. The minimum absolute atomic E-state index is 0.00121. The standard InChI is InChI=1S/C21H23FO7.C21H21FO6.C4H8O2/c22-16-9-11-18(12-10-16)29-13-17(23)7-5-3-1-2-4-6-8-19(24)20(25)14-28-15-21(26)27;22-16-9-11-18(12-10-16)27-13-17(23)7-5-3-1-2-4-6-8-19(24)20-14-26-15-21(25)28-20;1-3-6-4(2)5/h2,4-12,17,19-20,23-25H,13-15H2,(H,26,27);2,4-12,17,19-20,23-24H,13-15H2;3H2,1-2H3/b2*4-2+,7-5+,8-6+;/t2*17-,19+,20-;/m00./s1. The zero-order valence-corrected chi connectivity index (χ0v) is 34.6. The van der Waals surface area contributed by atoms with Gasteiger partial charge in [-0.1, -0.05) is 60.1 Å². The van der Waals surface area contributed by atoms with E-state index in [0.717, 1.165) is 0 Å². The SMILES string of the molecule is CCOC(C)=O.O=C(O)COC[C@H](O)[C@H](O)/C=C/C=C/C#C/C=C/[C@H](O)COc1ccc(F)cc1.O=C1COC[C@@H]([C@H](O)/C=C/C=C/C#C/C=C/[C@H](O)COc2ccc(F)cc2)O1. The molecule has 6 atom stereocenters. The van der Waals surface area contributed by atoms with Gasteiger partial charge in [0, 0.05) is 6.92 Å². The molecule has 0 bridgehead atoms. The van der Waals surface area contributed by atoms with Crippen molar-refractivity contribution in [1.82, 2.24) is 0 Å². The maximum atomic E-state index is 12.8. The summed E-state index contributed by atoms with van der Waals surface area (Å²) in [5.41, 5.74) is 0. The highest BCUT2D eigenvalue weighted by molar-refractivity contribution is 5.71. The van der Waals surface area contributed by atoms with Gasteiger partial charge in [-0.25, -0.2) is 18.4 Å². The Morgan fingerprint density at radius 3 is 1.68 bits per heavy atom. The Labute approximate surface area is 364 Å². The molecule has 0 aromatic heterocycles. The molecule has 1 aliphatic rings. The number of cyclic esters (lactones) is 1. The molecular weight excluding hydrogens is 830 g/mol. The lowest BCUT2D eigenvalue weighted by molar-refractivity contribution is -0.177. The minimum Gasteiger partial charge on any atom is -0.491 e. The second kappa shape index (κ2) is 34.2. The molecule has 0 spiro atoms. The van der Waals surface area contributed by atoms with E-state index in [1.165, 1.54) is 110 Å². The number of rotatable bonds is 19. The average molecular weight is 883 g/mol. The number of allylic oxidation sites excluding steroid dienone is 8. The monoisotopic (exact) mass is 882 g/mol. The van der Waals surface area contributed by atoms with Crippen molar-refractivity contribution < 1.29 is 82.2 Å². The Bertz CT molecular complexity index is 1940. The van der Waals surface area contributed by atoms with Crippen molar-refractivity contribution in [3.8, 4) is 35.2 Å². The summed E-state index contributed by atoms with van der Waals surface area (Å²) in [4.78, 5) is 31.2. The Morgan fingerprint density at radius 1 is 0.746 bits per heavy atom. The molecule has 15 nitrogen and oxygen atoms in total. The molecule has 340 valence electrons. The van der Waals surface area contributed by atoms with Crippen LogP contribution < -0.4 is 9.47 Å². The predicted octanol–water partition coefficient (Wildman–Crippen LogP) is 3.17. The van der Waals surface area contributed by atoms with Crippen LogP contribution in [-0.4, -0.2) is 131 Å². The van der Waals surface area contributed by atoms with Crippen molar-refractivity contribution >= 4 is 17.9 Å². The van der Waals surface area contributed by atoms with Gasteiger partial charge in [0.1, 0.15) is 80.1 Å². The Balaban J connectivity index is 0.000000557. The molecule has 1 heterocycles. The molecule has 0 radical (unpaired) electrons. The van der Waals surface area contributed by atoms with E-state index in [9.17, 15) is 48.7 Å². The van der Waals surface area contributed by atoms with Crippen molar-refractivity contribution in [2.45, 2.75) is 50.5 Å². The van der Waals surface area contributed by atoms with Crippen LogP contribution in [0.3, 0.4) is 0 Å². The number of esters is 2. The molecule has 2 aromatic rings. The minimum atomic E-state index is -1.24. The highest BCUT2D eigenvalue weighted by Crippen LogP contribution is 2.13. The number of benzene rings is 2. The average Bonchev–Trinajstić information content (AvgIpc) is 3.25. The van der Waals surface area contributed by atoms with Crippen LogP contribution in [0.1, 0.15) is 13.8 Å². The van der Waals surface area contributed by atoms with Crippen LogP contribution in [0, 0.1) is 35.3 Å². The van der Waals surface area contributed by atoms with Gasteiger partial charge in [0.05, 0.1) is 19.8 Å². The topological polar surface area (TPSA) is 228 Å². The third-order valence-electron chi connectivity index (χ3n) is 7.06. The highest BCUT2D eigenvalue weighted by Gasteiger charge is 2.26. The summed E-state index contributed by atoms with van der Waals surface area (Å²) >= 11 is 0. The van der Waals surface area contributed by atoms with Gasteiger partial charge in [-0.05, 0) is 91.9 Å². The van der Waals surface area contributed by atoms with Crippen molar-refractivity contribution in [3.05, 3.63) is 133 Å². The van der Waals surface area contributed by atoms with Crippen LogP contribution in [0.4, 0.5) is 8.78 Å². The number of halogens is 2. The second-order valence-electron chi connectivity index (χ2n) is 12.4. The molecule has 0 saturated carbocycles. The van der Waals surface area contributed by atoms with E-state index in [4.69, 9.17) is 24.1 Å². The summed E-state index contributed by atoms with van der Waals surface area (Å²) < 4.78 is 55.2. The molecular formula is C46H52F2O15. The first-order valence-electron chi connectivity index (χ1n) is 19.1. The molecule has 1 fully saturated rings. The summed E-state index contributed by atoms with van der Waals surface area (Å²) in [6.45, 7) is 2.87. The lowest BCUT2D eigenvalue weighted by atomic mass is 10.2. The lowest BCUT2D eigenvalue weighted by Gasteiger charge is -2.24. The smallest absolute Gasteiger partial charge is 0.332 e. The van der Waals surface area contributed by atoms with Crippen molar-refractivity contribution in [2.75, 3.05) is 46.2 Å². The van der Waals surface area contributed by atoms with Crippen molar-refractivity contribution in [2.24, 2.45) is 0 Å². The van der Waals surface area contributed by atoms with Crippen LogP contribution in [0.15, 0.2) is 121 Å². The van der Waals surface area contributed by atoms with Crippen LogP contribution in [0.2, 0.25) is 0 Å². The number of hydrogen-bond donors (Lipinski definition) is 6. The Kier molecular flexibility index (Phi) is 29.7. The number of aliphatic hydroxyl groups excluding tert-OH is 5. The predicted molar refractivity (Wildman–Crippen MR) is 226 cm³/mol. The first kappa shape index (κ1) is 54.6. The molecule has 63 heavy (non-hydrogen) atoms. The first-order chi connectivity index (χ1) is 30.2. The van der Waals surface area contributed by atoms with E-state index < -0.39 is 55.2 Å². The van der Waals surface area contributed by atoms with Crippen LogP contribution in [0.5, 0.6) is 11.5 Å². The van der Waals surface area contributed by atoms with Crippen molar-refractivity contribution in [3.63, 3.8) is 0 Å². The van der Waals surface area contributed by atoms with E-state index in [2.05, 4.69) is 33.2 Å². The number of carbonyl (C=O) groups excluding carboxylic acids is 2. The van der Waals surface area contributed by atoms with Gasteiger partial charge in [-0.15, -0.1) is 0 Å². The van der Waals surface area contributed by atoms with Crippen LogP contribution >= 0.6 is 0 Å². The van der Waals surface area contributed by atoms with Gasteiger partial charge in [0.15, 0.2) is 6.10 Å². The largest absolute Gasteiger partial charge is 0.491 e. The fourth-order valence-electron chi connectivity index (χ4n) is 4.09. The summed E-state index contributed by atoms with van der Waals surface area (Å²) in [5, 5.41) is 56.9. The third-order valence-corrected chi connectivity index (χ3v) is 7.06. The maximum absolute atomic E-state index is 12.8. The number of hydrogen-bond acceptors (Lipinski definition) is 14. The van der Waals surface area contributed by atoms with Gasteiger partial charge in [-0.2, -0.15) is 0 Å². The quantitative estimate of drug-likeness (QED) is 0.0677. The van der Waals surface area contributed by atoms with Crippen LogP contribution in [0.25, 0.3) is 0 Å². The number of carboxylic acid groups (broad SMARTS) is 1. The van der Waals surface area contributed by atoms with Crippen molar-refractivity contribution in [1.29, 1.82) is 0 Å². The van der Waals surface area contributed by atoms with Gasteiger partial charge < -0.3 is 59.1 Å². The number of aliphatic hydroxyl groups is 5. The molecule has 0 aliphatic carbocycles. The fraction of sp³-hybridized carbons (Fsp3) is 0.326. The fourth-order valence-corrected chi connectivity index (χ4v) is 4.09. The number of carboxylic acids is 1. The van der Waals surface area contributed by atoms with Gasteiger partial charge in [-0.3, -0.25) is 4.79 Å². The van der Waals surface area contributed by atoms with Gasteiger partial charge >= 0.3 is 17.9 Å². The Morgan fingerprint density at radius 2 is 1.24 bits per heavy atom. The highest BCUT2D eigenvalue weighted by atomic mass is 19.1. The number of aliphatic carboxylic acids is 1. The van der Waals surface area contributed by atoms with E-state index in [1.807, 2.05) is 0 Å². The second-order valence-corrected chi connectivity index (χ2v) is 12.4. The normalized spacial score (nSPS) is 16.1. The maximum Gasteiger partial charge on any atom is 0.332 e. The number of ether oxygens (including phenoxy) is 6. The summed E-state index contributed by atoms with van der Waals surface area (Å²) in [6, 6.07) is 11.0. The zero-order valence-electron chi connectivity index (χ0n) is 34.6. The number of carbonyl (C=O) groups is 3. The van der Waals surface area contributed by atoms with E-state index in [0.29, 0.717) is 18.1 Å². The van der Waals surface area contributed by atoms with E-state index in [1.54, 1.807) is 25.2 Å². The van der Waals surface area contributed by atoms with Crippen LogP contribution in [-0.2, 0) is 33.3 Å². The van der Waals surface area contributed by atoms with Gasteiger partial charge in [0.25, 0.3) is 0 Å². The summed E-state index contributed by atoms with van der Waals surface area (Å²) in [5.74, 6) is 9.10. The molecule has 17 heteroatoms. The Hall–Kier alpha value is -6.41. The zero-order chi connectivity index (χ0) is 46.7. The lowest BCUT2D eigenvalue weighted by Crippen LogP contribution is -2.40. The molecule has 1 aliphatic heterocycles. The molecule has 2 aromatic carbocycles. The summed E-state index contributed by atoms with van der Waals surface area (Å²) in [6.07, 6.45) is 12.0. The first-order valence-corrected chi connectivity index (χ1v) is 19.1. The van der Waals surface area contributed by atoms with Gasteiger partial charge in [0.2, 0.25) is 0 Å². The molecule has 0 amide bonds. The molecule has 1 saturated heterocycles. The third kappa shape index (κ3) is 30.3. The van der Waals surface area contributed by atoms with E-state index >= 15 is 0 Å². The molecule has 0 unspecified atom stereocenters.